The Morgan fingerprint density at radius 3 is 3.07 bits per heavy atom. The van der Waals surface area contributed by atoms with Crippen molar-refractivity contribution in [1.82, 2.24) is 9.97 Å². The second-order valence-electron chi connectivity index (χ2n) is 3.40. The van der Waals surface area contributed by atoms with E-state index in [1.165, 1.54) is 0 Å². The highest BCUT2D eigenvalue weighted by Gasteiger charge is 2.22. The molecule has 1 aromatic rings. The first kappa shape index (κ1) is 9.87. The van der Waals surface area contributed by atoms with Gasteiger partial charge >= 0.3 is 0 Å². The molecular weight excluding hydrogens is 192 g/mol. The Labute approximate surface area is 88.3 Å². The Kier molecular flexibility index (Phi) is 2.79. The lowest BCUT2D eigenvalue weighted by atomic mass is 10.3. The molecule has 0 spiro atoms. The topological polar surface area (TPSA) is 62.0 Å². The van der Waals surface area contributed by atoms with Gasteiger partial charge in [0.2, 0.25) is 0 Å². The van der Waals surface area contributed by atoms with Crippen molar-refractivity contribution in [1.29, 1.82) is 5.26 Å². The Morgan fingerprint density at radius 2 is 2.33 bits per heavy atom. The van der Waals surface area contributed by atoms with Crippen LogP contribution in [0.25, 0.3) is 0 Å². The SMILES string of the molecule is Cc1nccnc1N1CCOC(C#N)C1. The molecule has 0 aliphatic carbocycles. The first-order valence-corrected chi connectivity index (χ1v) is 4.85. The van der Waals surface area contributed by atoms with Gasteiger partial charge in [0.05, 0.1) is 24.9 Å². The Bertz CT molecular complexity index is 387. The summed E-state index contributed by atoms with van der Waals surface area (Å²) < 4.78 is 5.27. The number of hydrogen-bond acceptors (Lipinski definition) is 5. The van der Waals surface area contributed by atoms with Crippen molar-refractivity contribution in [3.8, 4) is 6.07 Å². The standard InChI is InChI=1S/C10H12N4O/c1-8-10(13-3-2-12-8)14-4-5-15-9(6-11)7-14/h2-3,9H,4-5,7H2,1H3. The van der Waals surface area contributed by atoms with Gasteiger partial charge in [-0.15, -0.1) is 0 Å². The van der Waals surface area contributed by atoms with E-state index < -0.39 is 0 Å². The molecule has 2 rings (SSSR count). The summed E-state index contributed by atoms with van der Waals surface area (Å²) in [5.74, 6) is 0.848. The molecule has 1 aliphatic rings. The van der Waals surface area contributed by atoms with Gasteiger partial charge < -0.3 is 9.64 Å². The molecule has 5 heteroatoms. The fraction of sp³-hybridized carbons (Fsp3) is 0.500. The summed E-state index contributed by atoms with van der Waals surface area (Å²) in [6, 6.07) is 2.11. The van der Waals surface area contributed by atoms with Crippen LogP contribution in [-0.4, -0.2) is 35.8 Å². The highest BCUT2D eigenvalue weighted by Crippen LogP contribution is 2.16. The minimum atomic E-state index is -0.361. The van der Waals surface area contributed by atoms with E-state index in [0.29, 0.717) is 13.2 Å². The van der Waals surface area contributed by atoms with Gasteiger partial charge in [-0.25, -0.2) is 4.98 Å². The summed E-state index contributed by atoms with van der Waals surface area (Å²) >= 11 is 0. The van der Waals surface area contributed by atoms with Crippen molar-refractivity contribution in [2.45, 2.75) is 13.0 Å². The van der Waals surface area contributed by atoms with E-state index in [1.54, 1.807) is 12.4 Å². The number of aromatic nitrogens is 2. The van der Waals surface area contributed by atoms with Crippen LogP contribution in [0.4, 0.5) is 5.82 Å². The zero-order valence-electron chi connectivity index (χ0n) is 8.55. The van der Waals surface area contributed by atoms with Crippen LogP contribution in [0.1, 0.15) is 5.69 Å². The lowest BCUT2D eigenvalue weighted by molar-refractivity contribution is 0.0761. The second-order valence-corrected chi connectivity index (χ2v) is 3.40. The fourth-order valence-corrected chi connectivity index (χ4v) is 1.63. The van der Waals surface area contributed by atoms with Crippen LogP contribution in [0.15, 0.2) is 12.4 Å². The number of nitriles is 1. The van der Waals surface area contributed by atoms with E-state index in [-0.39, 0.29) is 6.10 Å². The summed E-state index contributed by atoms with van der Waals surface area (Å²) in [5, 5.41) is 8.79. The van der Waals surface area contributed by atoms with Crippen molar-refractivity contribution in [3.05, 3.63) is 18.1 Å². The summed E-state index contributed by atoms with van der Waals surface area (Å²) in [6.07, 6.45) is 2.97. The first-order chi connectivity index (χ1) is 7.31. The van der Waals surface area contributed by atoms with Gasteiger partial charge in [-0.3, -0.25) is 4.98 Å². The van der Waals surface area contributed by atoms with Crippen LogP contribution in [0.5, 0.6) is 0 Å². The number of hydrogen-bond donors (Lipinski definition) is 0. The maximum atomic E-state index is 8.79. The number of rotatable bonds is 1. The van der Waals surface area contributed by atoms with E-state index in [4.69, 9.17) is 10.00 Å². The molecule has 2 heterocycles. The average molecular weight is 204 g/mol. The molecule has 1 aromatic heterocycles. The lowest BCUT2D eigenvalue weighted by Gasteiger charge is -2.31. The molecule has 0 saturated carbocycles. The van der Waals surface area contributed by atoms with Gasteiger partial charge in [0.1, 0.15) is 5.82 Å². The van der Waals surface area contributed by atoms with Gasteiger partial charge in [-0.05, 0) is 6.92 Å². The van der Waals surface area contributed by atoms with Crippen molar-refractivity contribution in [3.63, 3.8) is 0 Å². The molecular formula is C10H12N4O. The fourth-order valence-electron chi connectivity index (χ4n) is 1.63. The molecule has 1 fully saturated rings. The van der Waals surface area contributed by atoms with Crippen LogP contribution in [0.3, 0.4) is 0 Å². The minimum absolute atomic E-state index is 0.361. The Hall–Kier alpha value is -1.67. The molecule has 78 valence electrons. The molecule has 0 radical (unpaired) electrons. The summed E-state index contributed by atoms with van der Waals surface area (Å²) in [5.41, 5.74) is 0.885. The smallest absolute Gasteiger partial charge is 0.161 e. The Balaban J connectivity index is 2.18. The first-order valence-electron chi connectivity index (χ1n) is 4.85. The molecule has 1 saturated heterocycles. The molecule has 1 atom stereocenters. The average Bonchev–Trinajstić information content (AvgIpc) is 2.30. The number of nitrogens with zero attached hydrogens (tertiary/aromatic N) is 4. The van der Waals surface area contributed by atoms with Crippen LogP contribution in [0, 0.1) is 18.3 Å². The third-order valence-electron chi connectivity index (χ3n) is 2.37. The van der Waals surface area contributed by atoms with Crippen LogP contribution >= 0.6 is 0 Å². The molecule has 5 nitrogen and oxygen atoms in total. The Morgan fingerprint density at radius 1 is 1.53 bits per heavy atom. The van der Waals surface area contributed by atoms with Gasteiger partial charge in [0, 0.05) is 18.9 Å². The van der Waals surface area contributed by atoms with Crippen LogP contribution < -0.4 is 4.90 Å². The van der Waals surface area contributed by atoms with Gasteiger partial charge in [0.15, 0.2) is 6.10 Å². The predicted octanol–water partition coefficient (Wildman–Crippen LogP) is 0.514. The summed E-state index contributed by atoms with van der Waals surface area (Å²) in [7, 11) is 0. The minimum Gasteiger partial charge on any atom is -0.360 e. The van der Waals surface area contributed by atoms with E-state index >= 15 is 0 Å². The molecule has 0 aromatic carbocycles. The van der Waals surface area contributed by atoms with E-state index in [2.05, 4.69) is 16.0 Å². The molecule has 0 bridgehead atoms. The maximum Gasteiger partial charge on any atom is 0.161 e. The quantitative estimate of drug-likeness (QED) is 0.667. The highest BCUT2D eigenvalue weighted by molar-refractivity contribution is 5.43. The number of morpholine rings is 1. The predicted molar refractivity (Wildman–Crippen MR) is 54.3 cm³/mol. The zero-order chi connectivity index (χ0) is 10.7. The normalized spacial score (nSPS) is 21.1. The van der Waals surface area contributed by atoms with Crippen molar-refractivity contribution >= 4 is 5.82 Å². The van der Waals surface area contributed by atoms with Crippen LogP contribution in [-0.2, 0) is 4.74 Å². The lowest BCUT2D eigenvalue weighted by Crippen LogP contribution is -2.42. The number of aryl methyl sites for hydroxylation is 1. The van der Waals surface area contributed by atoms with Crippen molar-refractivity contribution in [2.24, 2.45) is 0 Å². The van der Waals surface area contributed by atoms with Crippen molar-refractivity contribution in [2.75, 3.05) is 24.6 Å². The van der Waals surface area contributed by atoms with Gasteiger partial charge in [0.25, 0.3) is 0 Å². The van der Waals surface area contributed by atoms with E-state index in [0.717, 1.165) is 18.1 Å². The molecule has 1 unspecified atom stereocenters. The third-order valence-corrected chi connectivity index (χ3v) is 2.37. The van der Waals surface area contributed by atoms with E-state index in [9.17, 15) is 0 Å². The molecule has 1 aliphatic heterocycles. The number of ether oxygens (including phenoxy) is 1. The molecule has 15 heavy (non-hydrogen) atoms. The maximum absolute atomic E-state index is 8.79. The van der Waals surface area contributed by atoms with E-state index in [1.807, 2.05) is 11.8 Å². The van der Waals surface area contributed by atoms with Crippen molar-refractivity contribution < 1.29 is 4.74 Å². The highest BCUT2D eigenvalue weighted by atomic mass is 16.5. The molecule has 0 amide bonds. The van der Waals surface area contributed by atoms with Crippen LogP contribution in [0.2, 0.25) is 0 Å². The van der Waals surface area contributed by atoms with Gasteiger partial charge in [-0.1, -0.05) is 0 Å². The summed E-state index contributed by atoms with van der Waals surface area (Å²) in [4.78, 5) is 10.5. The number of anilines is 1. The van der Waals surface area contributed by atoms with Gasteiger partial charge in [-0.2, -0.15) is 5.26 Å². The third kappa shape index (κ3) is 2.05. The molecule has 0 N–H and O–H groups in total. The second kappa shape index (κ2) is 4.24. The largest absolute Gasteiger partial charge is 0.360 e. The monoisotopic (exact) mass is 204 g/mol. The summed E-state index contributed by atoms with van der Waals surface area (Å²) in [6.45, 7) is 3.81. The zero-order valence-corrected chi connectivity index (χ0v) is 8.55.